The van der Waals surface area contributed by atoms with Gasteiger partial charge in [-0.3, -0.25) is 9.59 Å². The van der Waals surface area contributed by atoms with Crippen LogP contribution >= 0.6 is 0 Å². The fourth-order valence-corrected chi connectivity index (χ4v) is 3.45. The Morgan fingerprint density at radius 2 is 1.69 bits per heavy atom. The summed E-state index contributed by atoms with van der Waals surface area (Å²) in [6, 6.07) is 6.09. The first kappa shape index (κ1) is 18.4. The van der Waals surface area contributed by atoms with Crippen molar-refractivity contribution < 1.29 is 19.5 Å². The van der Waals surface area contributed by atoms with E-state index in [4.69, 9.17) is 0 Å². The minimum Gasteiger partial charge on any atom is -0.480 e. The summed E-state index contributed by atoms with van der Waals surface area (Å²) in [6.07, 6.45) is 6.77. The third-order valence-electron chi connectivity index (χ3n) is 5.28. The minimum atomic E-state index is -0.989. The lowest BCUT2D eigenvalue weighted by atomic mass is 10.1. The summed E-state index contributed by atoms with van der Waals surface area (Å²) in [5.74, 6) is -0.702. The standard InChI is InChI=1S/C20H26N2O4/c23-18(15-3-1-2-4-15)21-12-14-7-9-16(10-8-14)19(24)22-17(20(25)26)11-13-5-6-13/h7-10,13,15,17H,1-6,11-12H2,(H,21,23)(H,22,24)(H,25,26). The first-order chi connectivity index (χ1) is 12.5. The second-order valence-corrected chi connectivity index (χ2v) is 7.44. The van der Waals surface area contributed by atoms with Crippen LogP contribution < -0.4 is 10.6 Å². The Balaban J connectivity index is 1.50. The molecule has 140 valence electrons. The molecule has 2 saturated carbocycles. The van der Waals surface area contributed by atoms with Crippen LogP contribution in [0.4, 0.5) is 0 Å². The number of nitrogens with one attached hydrogen (secondary N) is 2. The van der Waals surface area contributed by atoms with E-state index in [0.717, 1.165) is 44.1 Å². The zero-order chi connectivity index (χ0) is 18.5. The maximum absolute atomic E-state index is 12.3. The molecule has 3 rings (SSSR count). The number of aliphatic carboxylic acids is 1. The number of carboxylic acid groups (broad SMARTS) is 1. The van der Waals surface area contributed by atoms with Crippen LogP contribution in [0.15, 0.2) is 24.3 Å². The number of hydrogen-bond acceptors (Lipinski definition) is 3. The molecule has 3 N–H and O–H groups in total. The number of amides is 2. The Kier molecular flexibility index (Phi) is 5.91. The Morgan fingerprint density at radius 3 is 2.27 bits per heavy atom. The maximum atomic E-state index is 12.3. The van der Waals surface area contributed by atoms with Crippen molar-refractivity contribution in [1.29, 1.82) is 0 Å². The van der Waals surface area contributed by atoms with Crippen LogP contribution in [-0.4, -0.2) is 28.9 Å². The van der Waals surface area contributed by atoms with Crippen LogP contribution in [0.3, 0.4) is 0 Å². The van der Waals surface area contributed by atoms with Crippen molar-refractivity contribution in [3.05, 3.63) is 35.4 Å². The predicted molar refractivity (Wildman–Crippen MR) is 96.5 cm³/mol. The highest BCUT2D eigenvalue weighted by molar-refractivity contribution is 5.96. The van der Waals surface area contributed by atoms with E-state index < -0.39 is 12.0 Å². The van der Waals surface area contributed by atoms with Gasteiger partial charge in [-0.15, -0.1) is 0 Å². The molecule has 0 spiro atoms. The molecule has 1 aromatic carbocycles. The van der Waals surface area contributed by atoms with Crippen LogP contribution in [-0.2, 0) is 16.1 Å². The molecule has 1 atom stereocenters. The van der Waals surface area contributed by atoms with Gasteiger partial charge in [-0.25, -0.2) is 4.79 Å². The topological polar surface area (TPSA) is 95.5 Å². The van der Waals surface area contributed by atoms with E-state index in [9.17, 15) is 19.5 Å². The molecule has 0 bridgehead atoms. The van der Waals surface area contributed by atoms with Gasteiger partial charge in [0.1, 0.15) is 6.04 Å². The van der Waals surface area contributed by atoms with Crippen molar-refractivity contribution in [3.63, 3.8) is 0 Å². The molecule has 6 nitrogen and oxygen atoms in total. The van der Waals surface area contributed by atoms with E-state index in [1.165, 1.54) is 0 Å². The zero-order valence-corrected chi connectivity index (χ0v) is 14.9. The predicted octanol–water partition coefficient (Wildman–Crippen LogP) is 2.48. The summed E-state index contributed by atoms with van der Waals surface area (Å²) in [4.78, 5) is 35.6. The molecular formula is C20H26N2O4. The molecule has 0 aliphatic heterocycles. The number of rotatable bonds is 8. The lowest BCUT2D eigenvalue weighted by molar-refractivity contribution is -0.139. The Bertz CT molecular complexity index is 661. The second-order valence-electron chi connectivity index (χ2n) is 7.44. The lowest BCUT2D eigenvalue weighted by Gasteiger charge is -2.14. The highest BCUT2D eigenvalue weighted by Gasteiger charge is 2.30. The summed E-state index contributed by atoms with van der Waals surface area (Å²) in [5.41, 5.74) is 1.35. The third-order valence-corrected chi connectivity index (χ3v) is 5.28. The Hall–Kier alpha value is -2.37. The summed E-state index contributed by atoms with van der Waals surface area (Å²) in [5, 5.41) is 14.8. The fraction of sp³-hybridized carbons (Fsp3) is 0.550. The third kappa shape index (κ3) is 5.07. The summed E-state index contributed by atoms with van der Waals surface area (Å²) in [7, 11) is 0. The van der Waals surface area contributed by atoms with Crippen molar-refractivity contribution in [2.24, 2.45) is 11.8 Å². The Labute approximate surface area is 153 Å². The SMILES string of the molecule is O=C(NC(CC1CC1)C(=O)O)c1ccc(CNC(=O)C2CCCC2)cc1. The molecule has 0 heterocycles. The normalized spacial score (nSPS) is 18.3. The van der Waals surface area contributed by atoms with Crippen LogP contribution in [0.5, 0.6) is 0 Å². The van der Waals surface area contributed by atoms with Crippen LogP contribution in [0.1, 0.15) is 60.9 Å². The highest BCUT2D eigenvalue weighted by atomic mass is 16.4. The first-order valence-electron chi connectivity index (χ1n) is 9.43. The van der Waals surface area contributed by atoms with Crippen LogP contribution in [0.25, 0.3) is 0 Å². The van der Waals surface area contributed by atoms with E-state index >= 15 is 0 Å². The van der Waals surface area contributed by atoms with Gasteiger partial charge >= 0.3 is 5.97 Å². The summed E-state index contributed by atoms with van der Waals surface area (Å²) < 4.78 is 0. The van der Waals surface area contributed by atoms with E-state index in [1.807, 2.05) is 0 Å². The van der Waals surface area contributed by atoms with Crippen molar-refractivity contribution >= 4 is 17.8 Å². The number of carboxylic acids is 1. The average molecular weight is 358 g/mol. The molecule has 2 aliphatic carbocycles. The number of benzene rings is 1. The van der Waals surface area contributed by atoms with Crippen LogP contribution in [0, 0.1) is 11.8 Å². The summed E-state index contributed by atoms with van der Waals surface area (Å²) >= 11 is 0. The highest BCUT2D eigenvalue weighted by Crippen LogP contribution is 2.33. The van der Waals surface area contributed by atoms with Gasteiger partial charge in [0.25, 0.3) is 5.91 Å². The molecule has 0 radical (unpaired) electrons. The van der Waals surface area contributed by atoms with Gasteiger partial charge in [-0.1, -0.05) is 37.8 Å². The molecule has 2 fully saturated rings. The van der Waals surface area contributed by atoms with E-state index in [0.29, 0.717) is 24.4 Å². The molecule has 0 saturated heterocycles. The maximum Gasteiger partial charge on any atom is 0.326 e. The van der Waals surface area contributed by atoms with Gasteiger partial charge in [-0.2, -0.15) is 0 Å². The van der Waals surface area contributed by atoms with Crippen molar-refractivity contribution in [2.45, 2.75) is 57.5 Å². The largest absolute Gasteiger partial charge is 0.480 e. The van der Waals surface area contributed by atoms with Crippen molar-refractivity contribution in [3.8, 4) is 0 Å². The van der Waals surface area contributed by atoms with Crippen LogP contribution in [0.2, 0.25) is 0 Å². The fourth-order valence-electron chi connectivity index (χ4n) is 3.45. The lowest BCUT2D eigenvalue weighted by Crippen LogP contribution is -2.41. The molecule has 0 aromatic heterocycles. The summed E-state index contributed by atoms with van der Waals surface area (Å²) in [6.45, 7) is 0.441. The molecule has 1 aromatic rings. The first-order valence-corrected chi connectivity index (χ1v) is 9.43. The van der Waals surface area contributed by atoms with E-state index in [1.54, 1.807) is 24.3 Å². The number of carbonyl (C=O) groups is 3. The average Bonchev–Trinajstić information content (AvgIpc) is 3.28. The van der Waals surface area contributed by atoms with Gasteiger partial charge in [0.15, 0.2) is 0 Å². The smallest absolute Gasteiger partial charge is 0.326 e. The molecular weight excluding hydrogens is 332 g/mol. The number of carbonyl (C=O) groups excluding carboxylic acids is 2. The molecule has 2 amide bonds. The van der Waals surface area contributed by atoms with E-state index in [2.05, 4.69) is 10.6 Å². The number of hydrogen-bond donors (Lipinski definition) is 3. The van der Waals surface area contributed by atoms with Crippen molar-refractivity contribution in [2.75, 3.05) is 0 Å². The van der Waals surface area contributed by atoms with Gasteiger partial charge < -0.3 is 15.7 Å². The monoisotopic (exact) mass is 358 g/mol. The van der Waals surface area contributed by atoms with Gasteiger partial charge in [-0.05, 0) is 42.9 Å². The molecule has 6 heteroatoms. The zero-order valence-electron chi connectivity index (χ0n) is 14.9. The molecule has 1 unspecified atom stereocenters. The molecule has 2 aliphatic rings. The van der Waals surface area contributed by atoms with Gasteiger partial charge in [0.05, 0.1) is 0 Å². The van der Waals surface area contributed by atoms with Gasteiger partial charge in [0, 0.05) is 18.0 Å². The Morgan fingerprint density at radius 1 is 1.04 bits per heavy atom. The molecule has 26 heavy (non-hydrogen) atoms. The van der Waals surface area contributed by atoms with Crippen molar-refractivity contribution in [1.82, 2.24) is 10.6 Å². The second kappa shape index (κ2) is 8.34. The quantitative estimate of drug-likeness (QED) is 0.665. The minimum absolute atomic E-state index is 0.105. The van der Waals surface area contributed by atoms with E-state index in [-0.39, 0.29) is 17.7 Å². The van der Waals surface area contributed by atoms with Gasteiger partial charge in [0.2, 0.25) is 5.91 Å².